The summed E-state index contributed by atoms with van der Waals surface area (Å²) < 4.78 is 0. The van der Waals surface area contributed by atoms with Gasteiger partial charge in [-0.25, -0.2) is 0 Å². The van der Waals surface area contributed by atoms with Gasteiger partial charge in [-0.1, -0.05) is 42.5 Å². The molecule has 0 N–H and O–H groups in total. The Morgan fingerprint density at radius 1 is 1.11 bits per heavy atom. The van der Waals surface area contributed by atoms with Gasteiger partial charge < -0.3 is 0 Å². The first-order chi connectivity index (χ1) is 13.5. The molecule has 1 spiro atoms. The van der Waals surface area contributed by atoms with E-state index in [0.29, 0.717) is 23.4 Å². The van der Waals surface area contributed by atoms with E-state index in [0.717, 1.165) is 0 Å². The minimum Gasteiger partial charge on any atom is -0.293 e. The van der Waals surface area contributed by atoms with Crippen LogP contribution in [0.5, 0.6) is 0 Å². The Balaban J connectivity index is 1.90. The van der Waals surface area contributed by atoms with Crippen LogP contribution in [0.3, 0.4) is 0 Å². The monoisotopic (exact) mass is 375 g/mol. The first-order valence-electron chi connectivity index (χ1n) is 8.87. The number of hydrogen-bond donors (Lipinski definition) is 0. The zero-order valence-corrected chi connectivity index (χ0v) is 15.1. The molecule has 7 heteroatoms. The van der Waals surface area contributed by atoms with Crippen molar-refractivity contribution >= 4 is 28.8 Å². The molecule has 0 fully saturated rings. The normalized spacial score (nSPS) is 24.0. The lowest BCUT2D eigenvalue weighted by atomic mass is 9.62. The standard InChI is InChI=1S/C21H17N3O4/c1-14-21(20(26)23(22-14)15-8-3-2-4-9-15)17(11-7-13-19(21)25)16-10-5-6-12-18(16)24(27)28/h2-10,12-13,17H,11H2,1H3/t17-,21+/m0/s1. The number of benzene rings is 2. The summed E-state index contributed by atoms with van der Waals surface area (Å²) in [5.41, 5.74) is -0.417. The molecule has 2 aromatic carbocycles. The molecule has 1 heterocycles. The molecule has 0 bridgehead atoms. The molecular weight excluding hydrogens is 358 g/mol. The number of carbonyl (C=O) groups excluding carboxylic acids is 2. The second-order valence-electron chi connectivity index (χ2n) is 6.82. The molecule has 4 rings (SSSR count). The van der Waals surface area contributed by atoms with Gasteiger partial charge in [0.2, 0.25) is 0 Å². The van der Waals surface area contributed by atoms with Crippen LogP contribution in [-0.2, 0) is 9.59 Å². The van der Waals surface area contributed by atoms with Crippen LogP contribution in [0.2, 0.25) is 0 Å². The van der Waals surface area contributed by atoms with Crippen LogP contribution in [0.25, 0.3) is 0 Å². The van der Waals surface area contributed by atoms with Crippen LogP contribution in [0.15, 0.2) is 71.9 Å². The first-order valence-corrected chi connectivity index (χ1v) is 8.87. The summed E-state index contributed by atoms with van der Waals surface area (Å²) in [6.45, 7) is 1.64. The number of carbonyl (C=O) groups is 2. The van der Waals surface area contributed by atoms with Crippen LogP contribution in [0.4, 0.5) is 11.4 Å². The third-order valence-corrected chi connectivity index (χ3v) is 5.41. The Morgan fingerprint density at radius 2 is 1.79 bits per heavy atom. The van der Waals surface area contributed by atoms with Gasteiger partial charge in [-0.3, -0.25) is 19.7 Å². The largest absolute Gasteiger partial charge is 0.293 e. The van der Waals surface area contributed by atoms with E-state index < -0.39 is 27.9 Å². The molecule has 1 aliphatic heterocycles. The van der Waals surface area contributed by atoms with Gasteiger partial charge in [-0.15, -0.1) is 0 Å². The van der Waals surface area contributed by atoms with E-state index in [-0.39, 0.29) is 5.69 Å². The number of rotatable bonds is 3. The van der Waals surface area contributed by atoms with Crippen molar-refractivity contribution in [2.75, 3.05) is 5.01 Å². The fourth-order valence-electron chi connectivity index (χ4n) is 4.12. The molecule has 140 valence electrons. The highest BCUT2D eigenvalue weighted by Gasteiger charge is 2.61. The number of hydrogen-bond acceptors (Lipinski definition) is 5. The van der Waals surface area contributed by atoms with Crippen molar-refractivity contribution in [3.63, 3.8) is 0 Å². The van der Waals surface area contributed by atoms with E-state index >= 15 is 0 Å². The van der Waals surface area contributed by atoms with E-state index in [1.165, 1.54) is 17.2 Å². The maximum absolute atomic E-state index is 13.6. The maximum atomic E-state index is 13.6. The van der Waals surface area contributed by atoms with Crippen molar-refractivity contribution in [2.45, 2.75) is 19.3 Å². The van der Waals surface area contributed by atoms with Gasteiger partial charge in [0.1, 0.15) is 0 Å². The van der Waals surface area contributed by atoms with E-state index in [2.05, 4.69) is 5.10 Å². The Labute approximate surface area is 161 Å². The van der Waals surface area contributed by atoms with E-state index in [1.54, 1.807) is 55.5 Å². The number of hydrazone groups is 1. The SMILES string of the molecule is CC1=NN(c2ccccc2)C(=O)[C@]12C(=O)C=CC[C@H]2c1ccccc1[N+](=O)[O-]. The predicted molar refractivity (Wildman–Crippen MR) is 104 cm³/mol. The smallest absolute Gasteiger partial charge is 0.272 e. The minimum absolute atomic E-state index is 0.103. The quantitative estimate of drug-likeness (QED) is 0.465. The van der Waals surface area contributed by atoms with Gasteiger partial charge in [0.25, 0.3) is 11.6 Å². The summed E-state index contributed by atoms with van der Waals surface area (Å²) in [5, 5.41) is 17.2. The first kappa shape index (κ1) is 17.8. The average molecular weight is 375 g/mol. The molecule has 0 saturated carbocycles. The number of nitro benzene ring substituents is 1. The zero-order chi connectivity index (χ0) is 19.9. The number of ketones is 1. The van der Waals surface area contributed by atoms with Crippen LogP contribution in [0, 0.1) is 15.5 Å². The van der Waals surface area contributed by atoms with E-state index in [1.807, 2.05) is 6.07 Å². The summed E-state index contributed by atoms with van der Waals surface area (Å²) in [6, 6.07) is 15.1. The lowest BCUT2D eigenvalue weighted by molar-refractivity contribution is -0.385. The fraction of sp³-hybridized carbons (Fsp3) is 0.190. The summed E-state index contributed by atoms with van der Waals surface area (Å²) in [7, 11) is 0. The van der Waals surface area contributed by atoms with Gasteiger partial charge >= 0.3 is 0 Å². The summed E-state index contributed by atoms with van der Waals surface area (Å²) in [4.78, 5) is 37.7. The fourth-order valence-corrected chi connectivity index (χ4v) is 4.12. The zero-order valence-electron chi connectivity index (χ0n) is 15.1. The van der Waals surface area contributed by atoms with Crippen LogP contribution in [0.1, 0.15) is 24.8 Å². The molecule has 2 aromatic rings. The number of nitro groups is 1. The number of para-hydroxylation sites is 2. The molecule has 0 saturated heterocycles. The molecule has 1 amide bonds. The highest BCUT2D eigenvalue weighted by Crippen LogP contribution is 2.50. The third kappa shape index (κ3) is 2.40. The highest BCUT2D eigenvalue weighted by molar-refractivity contribution is 6.34. The molecule has 7 nitrogen and oxygen atoms in total. The highest BCUT2D eigenvalue weighted by atomic mass is 16.6. The topological polar surface area (TPSA) is 92.9 Å². The Hall–Kier alpha value is -3.61. The lowest BCUT2D eigenvalue weighted by Crippen LogP contribution is -2.50. The molecule has 2 aliphatic rings. The van der Waals surface area contributed by atoms with Crippen molar-refractivity contribution in [1.82, 2.24) is 0 Å². The number of anilines is 1. The minimum atomic E-state index is -1.57. The van der Waals surface area contributed by atoms with Gasteiger partial charge in [0.15, 0.2) is 11.2 Å². The van der Waals surface area contributed by atoms with Crippen molar-refractivity contribution in [3.05, 3.63) is 82.4 Å². The predicted octanol–water partition coefficient (Wildman–Crippen LogP) is 3.62. The van der Waals surface area contributed by atoms with Gasteiger partial charge in [0, 0.05) is 17.5 Å². The second kappa shape index (κ2) is 6.53. The maximum Gasteiger partial charge on any atom is 0.272 e. The van der Waals surface area contributed by atoms with Crippen LogP contribution >= 0.6 is 0 Å². The third-order valence-electron chi connectivity index (χ3n) is 5.41. The molecule has 28 heavy (non-hydrogen) atoms. The van der Waals surface area contributed by atoms with Crippen molar-refractivity contribution in [3.8, 4) is 0 Å². The summed E-state index contributed by atoms with van der Waals surface area (Å²) in [6.07, 6.45) is 3.38. The Kier molecular flexibility index (Phi) is 4.15. The summed E-state index contributed by atoms with van der Waals surface area (Å²) in [5.74, 6) is -1.57. The number of amides is 1. The number of allylic oxidation sites excluding steroid dienone is 2. The molecule has 0 aromatic heterocycles. The molecular formula is C21H17N3O4. The van der Waals surface area contributed by atoms with Crippen LogP contribution < -0.4 is 5.01 Å². The lowest BCUT2D eigenvalue weighted by Gasteiger charge is -2.36. The summed E-state index contributed by atoms with van der Waals surface area (Å²) >= 11 is 0. The average Bonchev–Trinajstić information content (AvgIpc) is 2.97. The molecule has 0 unspecified atom stereocenters. The van der Waals surface area contributed by atoms with Gasteiger partial charge in [-0.2, -0.15) is 10.1 Å². The van der Waals surface area contributed by atoms with Gasteiger partial charge in [-0.05, 0) is 31.6 Å². The van der Waals surface area contributed by atoms with Gasteiger partial charge in [0.05, 0.1) is 16.3 Å². The van der Waals surface area contributed by atoms with Crippen molar-refractivity contribution in [2.24, 2.45) is 10.5 Å². The Morgan fingerprint density at radius 3 is 2.50 bits per heavy atom. The number of nitrogens with zero attached hydrogens (tertiary/aromatic N) is 3. The Bertz CT molecular complexity index is 1040. The second-order valence-corrected chi connectivity index (χ2v) is 6.82. The molecule has 1 aliphatic carbocycles. The van der Waals surface area contributed by atoms with Crippen molar-refractivity contribution < 1.29 is 14.5 Å². The molecule has 2 atom stereocenters. The van der Waals surface area contributed by atoms with Crippen molar-refractivity contribution in [1.29, 1.82) is 0 Å². The van der Waals surface area contributed by atoms with E-state index in [4.69, 9.17) is 0 Å². The molecule has 0 radical (unpaired) electrons. The van der Waals surface area contributed by atoms with E-state index in [9.17, 15) is 19.7 Å². The van der Waals surface area contributed by atoms with Crippen LogP contribution in [-0.4, -0.2) is 22.3 Å².